The molecule has 1 aliphatic carbocycles. The lowest BCUT2D eigenvalue weighted by Gasteiger charge is -2.47. The summed E-state index contributed by atoms with van der Waals surface area (Å²) < 4.78 is 5.98. The molecule has 0 amide bonds. The van der Waals surface area contributed by atoms with E-state index >= 15 is 0 Å². The average Bonchev–Trinajstić information content (AvgIpc) is 2.61. The average molecular weight is 394 g/mol. The molecule has 2 bridgehead atoms. The third-order valence-corrected chi connectivity index (χ3v) is 5.67. The van der Waals surface area contributed by atoms with Crippen molar-refractivity contribution in [3.05, 3.63) is 34.9 Å². The molecule has 27 heavy (non-hydrogen) atoms. The minimum atomic E-state index is -0.787. The van der Waals surface area contributed by atoms with E-state index in [4.69, 9.17) is 38.5 Å². The number of nitrogens with zero attached hydrogens (tertiary/aromatic N) is 2. The van der Waals surface area contributed by atoms with Crippen LogP contribution in [0.3, 0.4) is 0 Å². The second kappa shape index (κ2) is 8.46. The molecule has 7 N–H and O–H groups in total. The van der Waals surface area contributed by atoms with E-state index in [1.165, 1.54) is 0 Å². The first kappa shape index (κ1) is 19.9. The van der Waals surface area contributed by atoms with Crippen LogP contribution in [0.5, 0.6) is 0 Å². The quantitative estimate of drug-likeness (QED) is 0.317. The number of aliphatic hydroxyl groups is 1. The lowest BCUT2D eigenvalue weighted by Crippen LogP contribution is -2.56. The largest absolute Gasteiger partial charge is 0.474 e. The minimum absolute atomic E-state index is 0.0998. The van der Waals surface area contributed by atoms with Crippen molar-refractivity contribution in [2.24, 2.45) is 27.2 Å². The van der Waals surface area contributed by atoms with Crippen molar-refractivity contribution in [2.75, 3.05) is 6.54 Å². The van der Waals surface area contributed by atoms with E-state index < -0.39 is 11.6 Å². The van der Waals surface area contributed by atoms with Crippen molar-refractivity contribution in [1.29, 1.82) is 0 Å². The van der Waals surface area contributed by atoms with E-state index in [1.54, 1.807) is 0 Å². The van der Waals surface area contributed by atoms with Crippen LogP contribution in [0.2, 0.25) is 5.02 Å². The van der Waals surface area contributed by atoms with Crippen molar-refractivity contribution >= 4 is 23.5 Å². The monoisotopic (exact) mass is 393 g/mol. The molecule has 1 aromatic carbocycles. The molecule has 0 aromatic heterocycles. The van der Waals surface area contributed by atoms with Crippen molar-refractivity contribution in [2.45, 2.75) is 62.3 Å². The smallest absolute Gasteiger partial charge is 0.202 e. The van der Waals surface area contributed by atoms with Gasteiger partial charge in [-0.25, -0.2) is 4.99 Å². The predicted octanol–water partition coefficient (Wildman–Crippen LogP) is 1.65. The van der Waals surface area contributed by atoms with Gasteiger partial charge in [0, 0.05) is 17.1 Å². The Morgan fingerprint density at radius 2 is 2.15 bits per heavy atom. The normalized spacial score (nSPS) is 28.0. The van der Waals surface area contributed by atoms with Crippen LogP contribution in [-0.2, 0) is 10.3 Å². The highest BCUT2D eigenvalue weighted by Crippen LogP contribution is 2.47. The number of hydrogen-bond donors (Lipinski definition) is 4. The summed E-state index contributed by atoms with van der Waals surface area (Å²) in [7, 11) is 0. The Balaban J connectivity index is 1.79. The highest BCUT2D eigenvalue weighted by atomic mass is 35.5. The molecule has 1 saturated carbocycles. The summed E-state index contributed by atoms with van der Waals surface area (Å²) in [6.45, 7) is 0.577. The van der Waals surface area contributed by atoms with Crippen LogP contribution in [-0.4, -0.2) is 41.8 Å². The van der Waals surface area contributed by atoms with Gasteiger partial charge < -0.3 is 27.0 Å². The number of hydrogen-bond acceptors (Lipinski definition) is 5. The maximum absolute atomic E-state index is 10.9. The summed E-state index contributed by atoms with van der Waals surface area (Å²) in [5, 5.41) is 11.5. The molecule has 1 heterocycles. The van der Waals surface area contributed by atoms with Crippen LogP contribution >= 0.6 is 11.6 Å². The Bertz CT molecular complexity index is 722. The van der Waals surface area contributed by atoms with Gasteiger partial charge in [0.25, 0.3) is 0 Å². The molecule has 1 aromatic rings. The van der Waals surface area contributed by atoms with Gasteiger partial charge >= 0.3 is 0 Å². The molecule has 148 valence electrons. The topological polar surface area (TPSA) is 132 Å². The fourth-order valence-electron chi connectivity index (χ4n) is 3.95. The van der Waals surface area contributed by atoms with Crippen LogP contribution in [0.25, 0.3) is 0 Å². The molecule has 7 nitrogen and oxygen atoms in total. The van der Waals surface area contributed by atoms with Gasteiger partial charge in [-0.1, -0.05) is 29.8 Å². The molecule has 3 rings (SSSR count). The summed E-state index contributed by atoms with van der Waals surface area (Å²) in [4.78, 5) is 8.81. The number of ether oxygens (including phenoxy) is 1. The SMILES string of the molecule is NC(N)=NCCCCC(N)C1=NC2(c3ccccc3Cl)CCCC(O1)C2O. The lowest BCUT2D eigenvalue weighted by molar-refractivity contribution is -0.0711. The Morgan fingerprint density at radius 3 is 2.89 bits per heavy atom. The molecular weight excluding hydrogens is 366 g/mol. The Hall–Kier alpha value is -1.83. The maximum Gasteiger partial charge on any atom is 0.202 e. The maximum atomic E-state index is 10.9. The Kier molecular flexibility index (Phi) is 6.24. The second-order valence-electron chi connectivity index (χ2n) is 7.26. The first-order valence-corrected chi connectivity index (χ1v) is 9.82. The van der Waals surface area contributed by atoms with Gasteiger partial charge in [-0.3, -0.25) is 4.99 Å². The summed E-state index contributed by atoms with van der Waals surface area (Å²) in [6.07, 6.45) is 3.77. The summed E-state index contributed by atoms with van der Waals surface area (Å²) in [5.74, 6) is 0.606. The van der Waals surface area contributed by atoms with E-state index in [0.29, 0.717) is 23.9 Å². The lowest BCUT2D eigenvalue weighted by atomic mass is 9.72. The highest BCUT2D eigenvalue weighted by Gasteiger charge is 2.52. The van der Waals surface area contributed by atoms with E-state index in [9.17, 15) is 5.11 Å². The molecule has 0 spiro atoms. The van der Waals surface area contributed by atoms with Crippen LogP contribution < -0.4 is 17.2 Å². The fraction of sp³-hybridized carbons (Fsp3) is 0.579. The molecular formula is C19H28ClN5O2. The van der Waals surface area contributed by atoms with Gasteiger partial charge in [0.05, 0.1) is 6.04 Å². The third-order valence-electron chi connectivity index (χ3n) is 5.34. The van der Waals surface area contributed by atoms with Gasteiger partial charge in [-0.05, 0) is 44.6 Å². The summed E-state index contributed by atoms with van der Waals surface area (Å²) in [5.41, 5.74) is 17.1. The molecule has 1 aliphatic heterocycles. The summed E-state index contributed by atoms with van der Waals surface area (Å²) in [6, 6.07) is 7.22. The van der Waals surface area contributed by atoms with E-state index in [0.717, 1.165) is 37.7 Å². The number of halogens is 1. The zero-order chi connectivity index (χ0) is 19.4. The molecule has 8 heteroatoms. The van der Waals surface area contributed by atoms with Crippen LogP contribution in [0.4, 0.5) is 0 Å². The third kappa shape index (κ3) is 4.20. The van der Waals surface area contributed by atoms with Crippen LogP contribution in [0, 0.1) is 0 Å². The molecule has 1 fully saturated rings. The second-order valence-corrected chi connectivity index (χ2v) is 7.66. The fourth-order valence-corrected chi connectivity index (χ4v) is 4.25. The number of aliphatic imine (C=N–C) groups is 2. The van der Waals surface area contributed by atoms with Gasteiger partial charge in [0.1, 0.15) is 17.7 Å². The minimum Gasteiger partial charge on any atom is -0.474 e. The van der Waals surface area contributed by atoms with Crippen molar-refractivity contribution in [1.82, 2.24) is 0 Å². The van der Waals surface area contributed by atoms with E-state index in [-0.39, 0.29) is 18.1 Å². The van der Waals surface area contributed by atoms with Crippen molar-refractivity contribution in [3.63, 3.8) is 0 Å². The Morgan fingerprint density at radius 1 is 1.37 bits per heavy atom. The Labute approximate surface area is 164 Å². The first-order chi connectivity index (χ1) is 12.9. The number of nitrogens with two attached hydrogens (primary N) is 3. The van der Waals surface area contributed by atoms with E-state index in [1.807, 2.05) is 24.3 Å². The molecule has 2 aliphatic rings. The number of guanidine groups is 1. The summed E-state index contributed by atoms with van der Waals surface area (Å²) >= 11 is 6.45. The van der Waals surface area contributed by atoms with Gasteiger partial charge in [-0.15, -0.1) is 0 Å². The molecule has 4 atom stereocenters. The zero-order valence-electron chi connectivity index (χ0n) is 15.4. The number of fused-ring (bicyclic) bond motifs is 2. The van der Waals surface area contributed by atoms with Crippen LogP contribution in [0.15, 0.2) is 34.3 Å². The predicted molar refractivity (Wildman–Crippen MR) is 108 cm³/mol. The molecule has 4 unspecified atom stereocenters. The number of aliphatic hydroxyl groups excluding tert-OH is 1. The van der Waals surface area contributed by atoms with Gasteiger partial charge in [0.15, 0.2) is 5.96 Å². The van der Waals surface area contributed by atoms with Crippen molar-refractivity contribution in [3.8, 4) is 0 Å². The number of rotatable bonds is 7. The van der Waals surface area contributed by atoms with Gasteiger partial charge in [0.2, 0.25) is 5.90 Å². The first-order valence-electron chi connectivity index (χ1n) is 9.44. The highest BCUT2D eigenvalue weighted by molar-refractivity contribution is 6.31. The standard InChI is InChI=1S/C19H28ClN5O2/c20-13-7-2-1-6-12(13)19-10-5-9-15(16(19)26)27-17(25-19)14(21)8-3-4-11-24-18(22)23/h1-2,6-7,14-16,26H,3-5,8-11,21H2,(H4,22,23,24). The van der Waals surface area contributed by atoms with Gasteiger partial charge in [-0.2, -0.15) is 0 Å². The molecule has 0 saturated heterocycles. The van der Waals surface area contributed by atoms with Crippen LogP contribution in [0.1, 0.15) is 44.1 Å². The number of unbranched alkanes of at least 4 members (excludes halogenated alkanes) is 1. The molecule has 0 radical (unpaired) electrons. The number of benzene rings is 1. The van der Waals surface area contributed by atoms with Crippen molar-refractivity contribution < 1.29 is 9.84 Å². The zero-order valence-corrected chi connectivity index (χ0v) is 16.1. The van der Waals surface area contributed by atoms with E-state index in [2.05, 4.69) is 4.99 Å².